The van der Waals surface area contributed by atoms with Crippen molar-refractivity contribution in [2.45, 2.75) is 45.6 Å². The maximum Gasteiger partial charge on any atom is 0.266 e. The van der Waals surface area contributed by atoms with Crippen LogP contribution in [0.3, 0.4) is 0 Å². The number of hydrogen-bond donors (Lipinski definition) is 2. The number of benzene rings is 1. The lowest BCUT2D eigenvalue weighted by Crippen LogP contribution is -2.30. The zero-order valence-electron chi connectivity index (χ0n) is 20.5. The van der Waals surface area contributed by atoms with Gasteiger partial charge in [0, 0.05) is 31.1 Å². The van der Waals surface area contributed by atoms with Crippen LogP contribution >= 0.6 is 0 Å². The van der Waals surface area contributed by atoms with Crippen molar-refractivity contribution in [1.29, 1.82) is 0 Å². The van der Waals surface area contributed by atoms with Crippen LogP contribution in [0, 0.1) is 18.7 Å². The molecule has 1 aromatic carbocycles. The third-order valence-electron chi connectivity index (χ3n) is 6.48. The number of nitrogens with one attached hydrogen (secondary N) is 2. The van der Waals surface area contributed by atoms with Gasteiger partial charge in [0.2, 0.25) is 5.91 Å². The van der Waals surface area contributed by atoms with Crippen LogP contribution in [-0.2, 0) is 4.79 Å². The minimum absolute atomic E-state index is 0.0604. The molecule has 10 heteroatoms. The maximum atomic E-state index is 14.7. The van der Waals surface area contributed by atoms with Crippen LogP contribution in [0.2, 0.25) is 0 Å². The molecule has 1 aliphatic carbocycles. The van der Waals surface area contributed by atoms with Gasteiger partial charge in [-0.1, -0.05) is 24.3 Å². The fourth-order valence-corrected chi connectivity index (χ4v) is 4.57. The van der Waals surface area contributed by atoms with Crippen molar-refractivity contribution >= 4 is 28.3 Å². The van der Waals surface area contributed by atoms with Crippen molar-refractivity contribution in [1.82, 2.24) is 19.9 Å². The highest BCUT2D eigenvalue weighted by Gasteiger charge is 2.25. The number of aromatic nitrogens is 3. The van der Waals surface area contributed by atoms with E-state index >= 15 is 0 Å². The molecule has 3 aromatic rings. The molecule has 0 bridgehead atoms. The number of anilines is 1. The molecule has 4 rings (SSSR count). The number of pyridine rings is 1. The number of rotatable bonds is 6. The second-order valence-electron chi connectivity index (χ2n) is 9.24. The summed E-state index contributed by atoms with van der Waals surface area (Å²) in [5, 5.41) is 3.62. The van der Waals surface area contributed by atoms with Crippen molar-refractivity contribution in [2.75, 3.05) is 19.4 Å². The van der Waals surface area contributed by atoms with Gasteiger partial charge in [0.25, 0.3) is 12.0 Å². The summed E-state index contributed by atoms with van der Waals surface area (Å²) in [5.74, 6) is -0.298. The minimum atomic E-state index is -2.93. The molecule has 2 atom stereocenters. The number of carbonyl (C=O) groups is 1. The smallest absolute Gasteiger partial charge is 0.266 e. The summed E-state index contributed by atoms with van der Waals surface area (Å²) >= 11 is 0. The average molecular weight is 500 g/mol. The standard InChI is InChI=1S/C26H28F3N5O2/c1-13(17-6-5-7-18(21(17)27)22(28)29)30-23-20-12-19(25(35)33-24(20)32-14(2)31-23)15-8-10-16(11-9-15)26(36)34(3)4/h5-8,12-13,16,22H,9-11H2,1-4H3,(H2,30,31,32,33,35)/t13-,16?/m1/s1. The Morgan fingerprint density at radius 3 is 2.58 bits per heavy atom. The Balaban J connectivity index is 1.70. The van der Waals surface area contributed by atoms with Gasteiger partial charge in [-0.25, -0.2) is 23.1 Å². The molecule has 0 saturated heterocycles. The van der Waals surface area contributed by atoms with Gasteiger partial charge >= 0.3 is 0 Å². The van der Waals surface area contributed by atoms with Gasteiger partial charge in [0.1, 0.15) is 23.1 Å². The topological polar surface area (TPSA) is 91.0 Å². The average Bonchev–Trinajstić information content (AvgIpc) is 2.83. The zero-order valence-corrected chi connectivity index (χ0v) is 20.5. The quantitative estimate of drug-likeness (QED) is 0.490. The first-order valence-corrected chi connectivity index (χ1v) is 11.7. The number of allylic oxidation sites excluding steroid dienone is 2. The third-order valence-corrected chi connectivity index (χ3v) is 6.48. The molecular formula is C26H28F3N5O2. The Kier molecular flexibility index (Phi) is 7.14. The molecular weight excluding hydrogens is 471 g/mol. The molecule has 1 unspecified atom stereocenters. The molecule has 0 aliphatic heterocycles. The SMILES string of the molecule is Cc1nc(N[C@H](C)c2cccc(C(F)F)c2F)c2cc(C3=CCC(C(=O)N(C)C)CC3)c(=O)[nH]c2n1. The lowest BCUT2D eigenvalue weighted by molar-refractivity contribution is -0.133. The van der Waals surface area contributed by atoms with E-state index in [0.29, 0.717) is 47.5 Å². The molecule has 0 fully saturated rings. The predicted molar refractivity (Wildman–Crippen MR) is 132 cm³/mol. The highest BCUT2D eigenvalue weighted by atomic mass is 19.3. The number of amides is 1. The molecule has 0 spiro atoms. The van der Waals surface area contributed by atoms with Gasteiger partial charge in [-0.05, 0) is 44.7 Å². The third kappa shape index (κ3) is 4.98. The fraction of sp³-hybridized carbons (Fsp3) is 0.385. The number of alkyl halides is 2. The molecule has 190 valence electrons. The number of aryl methyl sites for hydroxylation is 1. The van der Waals surface area contributed by atoms with Crippen molar-refractivity contribution in [3.05, 3.63) is 69.0 Å². The van der Waals surface area contributed by atoms with Crippen LogP contribution in [0.25, 0.3) is 16.6 Å². The van der Waals surface area contributed by atoms with E-state index in [9.17, 15) is 22.8 Å². The van der Waals surface area contributed by atoms with E-state index in [-0.39, 0.29) is 22.9 Å². The molecule has 0 saturated carbocycles. The van der Waals surface area contributed by atoms with E-state index in [2.05, 4.69) is 20.3 Å². The van der Waals surface area contributed by atoms with E-state index in [1.54, 1.807) is 38.9 Å². The van der Waals surface area contributed by atoms with E-state index in [1.807, 2.05) is 6.08 Å². The van der Waals surface area contributed by atoms with Crippen molar-refractivity contribution in [2.24, 2.45) is 5.92 Å². The van der Waals surface area contributed by atoms with Crippen LogP contribution in [0.4, 0.5) is 19.0 Å². The first-order valence-electron chi connectivity index (χ1n) is 11.7. The first-order chi connectivity index (χ1) is 17.1. The van der Waals surface area contributed by atoms with Gasteiger partial charge in [-0.15, -0.1) is 0 Å². The zero-order chi connectivity index (χ0) is 26.1. The summed E-state index contributed by atoms with van der Waals surface area (Å²) in [6.45, 7) is 3.31. The Labute approximate surface area is 206 Å². The second-order valence-corrected chi connectivity index (χ2v) is 9.24. The molecule has 0 radical (unpaired) electrons. The van der Waals surface area contributed by atoms with Gasteiger partial charge < -0.3 is 15.2 Å². The van der Waals surface area contributed by atoms with E-state index < -0.39 is 23.8 Å². The summed E-state index contributed by atoms with van der Waals surface area (Å²) < 4.78 is 41.1. The maximum absolute atomic E-state index is 14.7. The molecule has 2 N–H and O–H groups in total. The second kappa shape index (κ2) is 10.1. The number of hydrogen-bond acceptors (Lipinski definition) is 5. The van der Waals surface area contributed by atoms with Gasteiger partial charge in [0.05, 0.1) is 17.0 Å². The lowest BCUT2D eigenvalue weighted by atomic mass is 9.86. The largest absolute Gasteiger partial charge is 0.363 e. The van der Waals surface area contributed by atoms with E-state index in [0.717, 1.165) is 11.6 Å². The summed E-state index contributed by atoms with van der Waals surface area (Å²) in [6.07, 6.45) is 0.726. The number of H-pyrrole nitrogens is 1. The molecule has 7 nitrogen and oxygen atoms in total. The Morgan fingerprint density at radius 1 is 1.22 bits per heavy atom. The van der Waals surface area contributed by atoms with Crippen LogP contribution in [0.15, 0.2) is 35.1 Å². The van der Waals surface area contributed by atoms with Gasteiger partial charge in [-0.2, -0.15) is 0 Å². The van der Waals surface area contributed by atoms with Crippen LogP contribution in [0.1, 0.15) is 61.2 Å². The number of halogens is 3. The van der Waals surface area contributed by atoms with E-state index in [4.69, 9.17) is 0 Å². The number of fused-ring (bicyclic) bond motifs is 1. The lowest BCUT2D eigenvalue weighted by Gasteiger charge is -2.24. The monoisotopic (exact) mass is 499 g/mol. The van der Waals surface area contributed by atoms with Crippen LogP contribution in [0.5, 0.6) is 0 Å². The summed E-state index contributed by atoms with van der Waals surface area (Å²) in [4.78, 5) is 38.3. The summed E-state index contributed by atoms with van der Waals surface area (Å²) in [6, 6.07) is 4.89. The van der Waals surface area contributed by atoms with Gasteiger partial charge in [-0.3, -0.25) is 9.59 Å². The summed E-state index contributed by atoms with van der Waals surface area (Å²) in [5.41, 5.74) is 0.701. The molecule has 1 aliphatic rings. The number of carbonyl (C=O) groups excluding carboxylic acids is 1. The number of aromatic amines is 1. The highest BCUT2D eigenvalue weighted by molar-refractivity contribution is 5.89. The van der Waals surface area contributed by atoms with Crippen molar-refractivity contribution in [3.63, 3.8) is 0 Å². The Hall–Kier alpha value is -3.69. The molecule has 1 amide bonds. The Bertz CT molecular complexity index is 1400. The van der Waals surface area contributed by atoms with Crippen LogP contribution < -0.4 is 10.9 Å². The fourth-order valence-electron chi connectivity index (χ4n) is 4.57. The highest BCUT2D eigenvalue weighted by Crippen LogP contribution is 2.33. The van der Waals surface area contributed by atoms with Crippen molar-refractivity contribution in [3.8, 4) is 0 Å². The minimum Gasteiger partial charge on any atom is -0.363 e. The first kappa shape index (κ1) is 25.4. The normalized spacial score (nSPS) is 16.7. The predicted octanol–water partition coefficient (Wildman–Crippen LogP) is 5.15. The Morgan fingerprint density at radius 2 is 1.94 bits per heavy atom. The van der Waals surface area contributed by atoms with Crippen LogP contribution in [-0.4, -0.2) is 39.9 Å². The molecule has 2 heterocycles. The molecule has 2 aromatic heterocycles. The van der Waals surface area contributed by atoms with Crippen molar-refractivity contribution < 1.29 is 18.0 Å². The van der Waals surface area contributed by atoms with Gasteiger partial charge in [0.15, 0.2) is 0 Å². The number of nitrogens with zero attached hydrogens (tertiary/aromatic N) is 3. The molecule has 36 heavy (non-hydrogen) atoms. The van der Waals surface area contributed by atoms with E-state index in [1.165, 1.54) is 12.1 Å². The summed E-state index contributed by atoms with van der Waals surface area (Å²) in [7, 11) is 3.45.